The van der Waals surface area contributed by atoms with Crippen molar-refractivity contribution in [1.82, 2.24) is 10.3 Å². The molecule has 0 bridgehead atoms. The molecule has 1 aliphatic heterocycles. The zero-order valence-electron chi connectivity index (χ0n) is 22.0. The van der Waals surface area contributed by atoms with Crippen LogP contribution in [-0.4, -0.2) is 43.7 Å². The molecule has 1 aliphatic carbocycles. The second-order valence-corrected chi connectivity index (χ2v) is 11.1. The largest absolute Gasteiger partial charge is 0.383 e. The lowest BCUT2D eigenvalue weighted by molar-refractivity contribution is -0.124. The fraction of sp³-hybridized carbons (Fsp3) is 0.621. The number of amides is 1. The molecule has 2 aliphatic rings. The Bertz CT molecular complexity index is 1060. The van der Waals surface area contributed by atoms with Crippen molar-refractivity contribution in [3.05, 3.63) is 41.6 Å². The van der Waals surface area contributed by atoms with E-state index >= 15 is 0 Å². The Hall–Kier alpha value is -2.27. The van der Waals surface area contributed by atoms with Crippen LogP contribution in [0.2, 0.25) is 0 Å². The van der Waals surface area contributed by atoms with Crippen molar-refractivity contribution in [2.45, 2.75) is 89.6 Å². The summed E-state index contributed by atoms with van der Waals surface area (Å²) in [4.78, 5) is 19.4. The van der Waals surface area contributed by atoms with Gasteiger partial charge in [-0.3, -0.25) is 4.79 Å². The molecular formula is C29H43N3O2. The molecule has 0 spiro atoms. The van der Waals surface area contributed by atoms with Crippen molar-refractivity contribution >= 4 is 22.5 Å². The summed E-state index contributed by atoms with van der Waals surface area (Å²) in [5, 5.41) is 4.56. The Kier molecular flexibility index (Phi) is 7.14. The van der Waals surface area contributed by atoms with Crippen molar-refractivity contribution in [2.75, 3.05) is 25.7 Å². The molecule has 2 heterocycles. The molecule has 5 nitrogen and oxygen atoms in total. The molecule has 0 saturated heterocycles. The maximum atomic E-state index is 13.5. The van der Waals surface area contributed by atoms with E-state index in [1.165, 1.54) is 53.3 Å². The number of nitrogens with zero attached hydrogens (tertiary/aromatic N) is 1. The van der Waals surface area contributed by atoms with Crippen molar-refractivity contribution in [1.29, 1.82) is 0 Å². The van der Waals surface area contributed by atoms with Crippen LogP contribution in [0, 0.1) is 5.92 Å². The van der Waals surface area contributed by atoms with Crippen LogP contribution < -0.4 is 10.2 Å². The number of nitrogens with one attached hydrogen (secondary N) is 2. The fourth-order valence-electron chi connectivity index (χ4n) is 6.41. The van der Waals surface area contributed by atoms with Crippen molar-refractivity contribution in [2.24, 2.45) is 5.92 Å². The van der Waals surface area contributed by atoms with E-state index in [4.69, 9.17) is 4.74 Å². The Balaban J connectivity index is 2.01. The number of allylic oxidation sites excluding steroid dienone is 1. The van der Waals surface area contributed by atoms with Gasteiger partial charge in [0.2, 0.25) is 5.91 Å². The summed E-state index contributed by atoms with van der Waals surface area (Å²) in [6.07, 6.45) is 11.0. The van der Waals surface area contributed by atoms with E-state index in [0.29, 0.717) is 12.5 Å². The number of hydrogen-bond donors (Lipinski definition) is 2. The molecule has 4 atom stereocenters. The van der Waals surface area contributed by atoms with Gasteiger partial charge in [-0.15, -0.1) is 6.58 Å². The van der Waals surface area contributed by atoms with Gasteiger partial charge in [0.05, 0.1) is 18.2 Å². The number of rotatable bonds is 7. The second kappa shape index (κ2) is 9.77. The maximum Gasteiger partial charge on any atom is 0.243 e. The van der Waals surface area contributed by atoms with Gasteiger partial charge in [-0.1, -0.05) is 46.6 Å². The second-order valence-electron chi connectivity index (χ2n) is 11.1. The van der Waals surface area contributed by atoms with Crippen molar-refractivity contribution < 1.29 is 9.53 Å². The minimum Gasteiger partial charge on any atom is -0.383 e. The Morgan fingerprint density at radius 1 is 1.38 bits per heavy atom. The standard InChI is InChI=1S/C29H43N3O2/c1-8-10-11-19-12-13-29(5,9-2)22-15-23-25-20(16-30-26(25)24(19)22)14-21(17-34-7)31-28(33)27(18(3)4)32(23)6/h9,15-16,18-19,21,27,30H,2,8,10-14,17H2,1,3-7H3,(H,31,33)/t19?,21-,27-,29-/m0/s1. The zero-order chi connectivity index (χ0) is 24.6. The molecular weight excluding hydrogens is 422 g/mol. The number of aromatic amines is 1. The summed E-state index contributed by atoms with van der Waals surface area (Å²) in [6.45, 7) is 13.6. The summed E-state index contributed by atoms with van der Waals surface area (Å²) < 4.78 is 5.49. The lowest BCUT2D eigenvalue weighted by Crippen LogP contribution is -2.52. The summed E-state index contributed by atoms with van der Waals surface area (Å²) in [6, 6.07) is 2.09. The average molecular weight is 466 g/mol. The van der Waals surface area contributed by atoms with E-state index in [1.807, 2.05) is 0 Å². The molecule has 2 aromatic rings. The Morgan fingerprint density at radius 3 is 2.79 bits per heavy atom. The molecule has 1 aromatic heterocycles. The monoisotopic (exact) mass is 465 g/mol. The summed E-state index contributed by atoms with van der Waals surface area (Å²) >= 11 is 0. The first-order chi connectivity index (χ1) is 16.3. The quantitative estimate of drug-likeness (QED) is 0.506. The summed E-state index contributed by atoms with van der Waals surface area (Å²) in [5.41, 5.74) is 6.46. The molecule has 2 N–H and O–H groups in total. The fourth-order valence-corrected chi connectivity index (χ4v) is 6.41. The maximum absolute atomic E-state index is 13.5. The summed E-state index contributed by atoms with van der Waals surface area (Å²) in [5.74, 6) is 0.798. The third-order valence-electron chi connectivity index (χ3n) is 8.33. The van der Waals surface area contributed by atoms with Gasteiger partial charge in [0.1, 0.15) is 6.04 Å². The first kappa shape index (κ1) is 24.8. The van der Waals surface area contributed by atoms with Crippen LogP contribution in [0.15, 0.2) is 24.9 Å². The number of aromatic nitrogens is 1. The number of methoxy groups -OCH3 is 1. The smallest absolute Gasteiger partial charge is 0.243 e. The number of fused-ring (bicyclic) bond motifs is 2. The van der Waals surface area contributed by atoms with Gasteiger partial charge in [-0.25, -0.2) is 0 Å². The normalized spacial score (nSPS) is 27.2. The molecule has 5 heteroatoms. The number of H-pyrrole nitrogens is 1. The van der Waals surface area contributed by atoms with E-state index in [-0.39, 0.29) is 29.3 Å². The Labute approximate surface area is 205 Å². The average Bonchev–Trinajstić information content (AvgIpc) is 3.22. The van der Waals surface area contributed by atoms with Gasteiger partial charge in [-0.05, 0) is 60.3 Å². The SMILES string of the molecule is C=C[C@@]1(C)CCC(CCCC)c2c1cc1c3c(c[nH]c23)C[C@@H](COC)NC(=O)[C@H](C(C)C)N1C. The van der Waals surface area contributed by atoms with Crippen LogP contribution in [0.5, 0.6) is 0 Å². The van der Waals surface area contributed by atoms with Crippen LogP contribution in [0.1, 0.15) is 82.4 Å². The van der Waals surface area contributed by atoms with Crippen LogP contribution in [0.3, 0.4) is 0 Å². The van der Waals surface area contributed by atoms with Crippen LogP contribution in [0.4, 0.5) is 5.69 Å². The first-order valence-electron chi connectivity index (χ1n) is 13.1. The van der Waals surface area contributed by atoms with Gasteiger partial charge in [0, 0.05) is 36.8 Å². The molecule has 1 amide bonds. The molecule has 34 heavy (non-hydrogen) atoms. The topological polar surface area (TPSA) is 57.4 Å². The molecule has 0 saturated carbocycles. The van der Waals surface area contributed by atoms with E-state index in [9.17, 15) is 4.79 Å². The number of hydrogen-bond acceptors (Lipinski definition) is 3. The van der Waals surface area contributed by atoms with Crippen molar-refractivity contribution in [3.63, 3.8) is 0 Å². The molecule has 1 unspecified atom stereocenters. The third-order valence-corrected chi connectivity index (χ3v) is 8.33. The van der Waals surface area contributed by atoms with E-state index in [1.54, 1.807) is 7.11 Å². The molecule has 0 radical (unpaired) electrons. The number of carbonyl (C=O) groups excluding carboxylic acids is 1. The number of likely N-dealkylation sites (N-methyl/N-ethyl adjacent to an activating group) is 1. The van der Waals surface area contributed by atoms with Crippen LogP contribution in [-0.2, 0) is 21.4 Å². The predicted octanol–water partition coefficient (Wildman–Crippen LogP) is 5.83. The highest BCUT2D eigenvalue weighted by Crippen LogP contribution is 2.51. The number of anilines is 1. The highest BCUT2D eigenvalue weighted by atomic mass is 16.5. The first-order valence-corrected chi connectivity index (χ1v) is 13.1. The van der Waals surface area contributed by atoms with Gasteiger partial charge >= 0.3 is 0 Å². The lowest BCUT2D eigenvalue weighted by atomic mass is 9.66. The summed E-state index contributed by atoms with van der Waals surface area (Å²) in [7, 11) is 3.79. The predicted molar refractivity (Wildman–Crippen MR) is 142 cm³/mol. The number of carbonyl (C=O) groups is 1. The van der Waals surface area contributed by atoms with E-state index < -0.39 is 0 Å². The highest BCUT2D eigenvalue weighted by molar-refractivity contribution is 6.01. The van der Waals surface area contributed by atoms with Gasteiger partial charge in [-0.2, -0.15) is 0 Å². The van der Waals surface area contributed by atoms with Gasteiger partial charge in [0.15, 0.2) is 0 Å². The molecule has 186 valence electrons. The van der Waals surface area contributed by atoms with Crippen molar-refractivity contribution in [3.8, 4) is 0 Å². The molecule has 4 rings (SSSR count). The number of benzene rings is 1. The van der Waals surface area contributed by atoms with E-state index in [2.05, 4.69) is 74.9 Å². The third kappa shape index (κ3) is 4.17. The van der Waals surface area contributed by atoms with Crippen LogP contribution in [0.25, 0.3) is 10.9 Å². The zero-order valence-corrected chi connectivity index (χ0v) is 22.0. The number of unbranched alkanes of at least 4 members (excludes halogenated alkanes) is 1. The molecule has 0 fully saturated rings. The minimum absolute atomic E-state index is 0.0533. The van der Waals surface area contributed by atoms with Crippen LogP contribution >= 0.6 is 0 Å². The minimum atomic E-state index is -0.254. The molecule has 1 aromatic carbocycles. The lowest BCUT2D eigenvalue weighted by Gasteiger charge is -2.40. The van der Waals surface area contributed by atoms with Gasteiger partial charge < -0.3 is 19.9 Å². The Morgan fingerprint density at radius 2 is 2.15 bits per heavy atom. The highest BCUT2D eigenvalue weighted by Gasteiger charge is 2.39. The number of ether oxygens (including phenoxy) is 1. The van der Waals surface area contributed by atoms with E-state index in [0.717, 1.165) is 18.5 Å². The van der Waals surface area contributed by atoms with Gasteiger partial charge in [0.25, 0.3) is 0 Å².